The maximum absolute atomic E-state index is 11.8. The number of nitrogens with zero attached hydrogens (tertiary/aromatic N) is 1. The summed E-state index contributed by atoms with van der Waals surface area (Å²) in [6, 6.07) is 4.97. The summed E-state index contributed by atoms with van der Waals surface area (Å²) in [5.41, 5.74) is 1.74. The highest BCUT2D eigenvalue weighted by molar-refractivity contribution is 7.89. The average Bonchev–Trinajstić information content (AvgIpc) is 2.38. The lowest BCUT2D eigenvalue weighted by atomic mass is 9.91. The number of hydrogen-bond donors (Lipinski definition) is 1. The minimum absolute atomic E-state index is 0.0628. The summed E-state index contributed by atoms with van der Waals surface area (Å²) in [4.78, 5) is 13.5. The third-order valence-electron chi connectivity index (χ3n) is 3.57. The quantitative estimate of drug-likeness (QED) is 0.893. The topological polar surface area (TPSA) is 66.5 Å². The molecular weight excluding hydrogens is 264 g/mol. The summed E-state index contributed by atoms with van der Waals surface area (Å²) in [7, 11) is -2.11. The fraction of sp³-hybridized carbons (Fsp3) is 0.462. The average molecular weight is 282 g/mol. The number of hydrogen-bond acceptors (Lipinski definition) is 3. The van der Waals surface area contributed by atoms with Crippen LogP contribution in [0.5, 0.6) is 0 Å². The third-order valence-corrected chi connectivity index (χ3v) is 4.98. The molecular formula is C13H18N2O3S. The van der Waals surface area contributed by atoms with E-state index in [0.717, 1.165) is 12.0 Å². The van der Waals surface area contributed by atoms with Gasteiger partial charge in [0.25, 0.3) is 0 Å². The molecule has 1 atom stereocenters. The van der Waals surface area contributed by atoms with Crippen molar-refractivity contribution >= 4 is 21.6 Å². The van der Waals surface area contributed by atoms with E-state index >= 15 is 0 Å². The van der Waals surface area contributed by atoms with E-state index in [0.29, 0.717) is 18.2 Å². The van der Waals surface area contributed by atoms with Crippen LogP contribution in [-0.4, -0.2) is 27.9 Å². The van der Waals surface area contributed by atoms with Crippen LogP contribution in [0, 0.1) is 0 Å². The maximum Gasteiger partial charge on any atom is 0.240 e. The first-order valence-corrected chi connectivity index (χ1v) is 7.70. The van der Waals surface area contributed by atoms with Crippen LogP contribution in [0.15, 0.2) is 23.1 Å². The fourth-order valence-electron chi connectivity index (χ4n) is 2.38. The lowest BCUT2D eigenvalue weighted by Gasteiger charge is -2.32. The number of sulfonamides is 1. The first-order valence-electron chi connectivity index (χ1n) is 6.22. The summed E-state index contributed by atoms with van der Waals surface area (Å²) in [6.07, 6.45) is 0.894. The predicted octanol–water partition coefficient (Wildman–Crippen LogP) is 1.45. The van der Waals surface area contributed by atoms with Crippen LogP contribution in [0.2, 0.25) is 0 Å². The maximum atomic E-state index is 11.8. The molecule has 1 aliphatic heterocycles. The van der Waals surface area contributed by atoms with Crippen molar-refractivity contribution < 1.29 is 13.2 Å². The Kier molecular flexibility index (Phi) is 3.64. The molecule has 5 nitrogen and oxygen atoms in total. The number of carbonyl (C=O) groups is 1. The van der Waals surface area contributed by atoms with Crippen LogP contribution in [0.25, 0.3) is 0 Å². The summed E-state index contributed by atoms with van der Waals surface area (Å²) in [5, 5.41) is 0. The Morgan fingerprint density at radius 1 is 1.42 bits per heavy atom. The Balaban J connectivity index is 2.58. The Morgan fingerprint density at radius 2 is 2.11 bits per heavy atom. The van der Waals surface area contributed by atoms with Gasteiger partial charge >= 0.3 is 0 Å². The van der Waals surface area contributed by atoms with Crippen molar-refractivity contribution in [3.8, 4) is 0 Å². The van der Waals surface area contributed by atoms with Crippen LogP contribution < -0.4 is 9.62 Å². The van der Waals surface area contributed by atoms with Crippen molar-refractivity contribution in [2.24, 2.45) is 0 Å². The third kappa shape index (κ3) is 2.50. The van der Waals surface area contributed by atoms with Crippen LogP contribution in [0.4, 0.5) is 5.69 Å². The highest BCUT2D eigenvalue weighted by atomic mass is 32.2. The SMILES string of the molecule is CNS(=O)(=O)c1ccc2c(c1)N(C(C)=O)CCC2C. The highest BCUT2D eigenvalue weighted by Gasteiger charge is 2.26. The fourth-order valence-corrected chi connectivity index (χ4v) is 3.13. The molecule has 0 aliphatic carbocycles. The minimum Gasteiger partial charge on any atom is -0.312 e. The number of nitrogens with one attached hydrogen (secondary N) is 1. The van der Waals surface area contributed by atoms with E-state index in [1.54, 1.807) is 23.1 Å². The summed E-state index contributed by atoms with van der Waals surface area (Å²) in [6.45, 7) is 4.22. The highest BCUT2D eigenvalue weighted by Crippen LogP contribution is 2.36. The van der Waals surface area contributed by atoms with Crippen molar-refractivity contribution in [2.75, 3.05) is 18.5 Å². The number of benzene rings is 1. The molecule has 1 N–H and O–H groups in total. The smallest absolute Gasteiger partial charge is 0.240 e. The lowest BCUT2D eigenvalue weighted by Crippen LogP contribution is -2.34. The number of rotatable bonds is 2. The number of fused-ring (bicyclic) bond motifs is 1. The second-order valence-electron chi connectivity index (χ2n) is 4.79. The monoisotopic (exact) mass is 282 g/mol. The summed E-state index contributed by atoms with van der Waals surface area (Å²) in [5.74, 6) is 0.268. The molecule has 0 saturated carbocycles. The van der Waals surface area contributed by atoms with Crippen LogP contribution in [0.3, 0.4) is 0 Å². The van der Waals surface area contributed by atoms with Crippen molar-refractivity contribution in [3.63, 3.8) is 0 Å². The summed E-state index contributed by atoms with van der Waals surface area (Å²) < 4.78 is 25.9. The Labute approximate surface area is 113 Å². The van der Waals surface area contributed by atoms with E-state index in [1.165, 1.54) is 14.0 Å². The van der Waals surface area contributed by atoms with E-state index in [1.807, 2.05) is 0 Å². The van der Waals surface area contributed by atoms with Gasteiger partial charge in [0.1, 0.15) is 0 Å². The zero-order valence-electron chi connectivity index (χ0n) is 11.3. The van der Waals surface area contributed by atoms with E-state index in [4.69, 9.17) is 0 Å². The molecule has 6 heteroatoms. The number of carbonyl (C=O) groups excluding carboxylic acids is 1. The molecule has 0 radical (unpaired) electrons. The largest absolute Gasteiger partial charge is 0.312 e. The zero-order valence-corrected chi connectivity index (χ0v) is 12.1. The first-order chi connectivity index (χ1) is 8.86. The molecule has 2 rings (SSSR count). The minimum atomic E-state index is -3.49. The van der Waals surface area contributed by atoms with Gasteiger partial charge in [-0.15, -0.1) is 0 Å². The van der Waals surface area contributed by atoms with Crippen LogP contribution in [-0.2, 0) is 14.8 Å². The lowest BCUT2D eigenvalue weighted by molar-refractivity contribution is -0.116. The molecule has 1 aliphatic rings. The van der Waals surface area contributed by atoms with Gasteiger partial charge in [-0.2, -0.15) is 0 Å². The van der Waals surface area contributed by atoms with Gasteiger partial charge < -0.3 is 4.90 Å². The predicted molar refractivity (Wildman–Crippen MR) is 73.7 cm³/mol. The molecule has 0 fully saturated rings. The molecule has 1 amide bonds. The zero-order chi connectivity index (χ0) is 14.2. The first kappa shape index (κ1) is 14.0. The standard InChI is InChI=1S/C13H18N2O3S/c1-9-6-7-15(10(2)16)13-8-11(4-5-12(9)13)19(17,18)14-3/h4-5,8-9,14H,6-7H2,1-3H3. The van der Waals surface area contributed by atoms with Gasteiger partial charge in [0.15, 0.2) is 0 Å². The second kappa shape index (κ2) is 4.94. The van der Waals surface area contributed by atoms with Gasteiger partial charge in [-0.3, -0.25) is 4.79 Å². The summed E-state index contributed by atoms with van der Waals surface area (Å²) >= 11 is 0. The van der Waals surface area contributed by atoms with Crippen molar-refractivity contribution in [2.45, 2.75) is 31.1 Å². The van der Waals surface area contributed by atoms with E-state index in [9.17, 15) is 13.2 Å². The number of amides is 1. The van der Waals surface area contributed by atoms with Crippen molar-refractivity contribution in [1.82, 2.24) is 4.72 Å². The molecule has 0 bridgehead atoms. The molecule has 1 heterocycles. The Bertz CT molecular complexity index is 610. The molecule has 0 aromatic heterocycles. The van der Waals surface area contributed by atoms with Crippen molar-refractivity contribution in [3.05, 3.63) is 23.8 Å². The normalized spacial score (nSPS) is 19.1. The van der Waals surface area contributed by atoms with Crippen LogP contribution in [0.1, 0.15) is 31.7 Å². The molecule has 0 spiro atoms. The molecule has 1 aromatic rings. The molecule has 0 saturated heterocycles. The van der Waals surface area contributed by atoms with Gasteiger partial charge in [0.2, 0.25) is 15.9 Å². The van der Waals surface area contributed by atoms with Gasteiger partial charge in [-0.25, -0.2) is 13.1 Å². The molecule has 19 heavy (non-hydrogen) atoms. The molecule has 104 valence electrons. The van der Waals surface area contributed by atoms with Crippen molar-refractivity contribution in [1.29, 1.82) is 0 Å². The number of anilines is 1. The Hall–Kier alpha value is -1.40. The van der Waals surface area contributed by atoms with Gasteiger partial charge in [-0.05, 0) is 37.1 Å². The van der Waals surface area contributed by atoms with Crippen LogP contribution >= 0.6 is 0 Å². The molecule has 1 aromatic carbocycles. The van der Waals surface area contributed by atoms with E-state index in [-0.39, 0.29) is 10.8 Å². The van der Waals surface area contributed by atoms with Gasteiger partial charge in [0.05, 0.1) is 4.90 Å². The van der Waals surface area contributed by atoms with E-state index < -0.39 is 10.0 Å². The second-order valence-corrected chi connectivity index (χ2v) is 6.68. The Morgan fingerprint density at radius 3 is 2.68 bits per heavy atom. The molecule has 1 unspecified atom stereocenters. The van der Waals surface area contributed by atoms with E-state index in [2.05, 4.69) is 11.6 Å². The van der Waals surface area contributed by atoms with Gasteiger partial charge in [-0.1, -0.05) is 13.0 Å². The van der Waals surface area contributed by atoms with Gasteiger partial charge in [0, 0.05) is 19.2 Å².